The second-order valence-electron chi connectivity index (χ2n) is 7.01. The molecule has 4 rings (SSSR count). The first-order valence-electron chi connectivity index (χ1n) is 9.48. The number of rotatable bonds is 4. The van der Waals surface area contributed by atoms with Crippen molar-refractivity contribution in [3.63, 3.8) is 0 Å². The minimum absolute atomic E-state index is 0.284. The van der Waals surface area contributed by atoms with Crippen molar-refractivity contribution in [2.75, 3.05) is 0 Å². The van der Waals surface area contributed by atoms with E-state index in [0.717, 1.165) is 16.7 Å². The molecule has 0 bridgehead atoms. The topological polar surface area (TPSA) is 70.6 Å². The predicted molar refractivity (Wildman–Crippen MR) is 113 cm³/mol. The highest BCUT2D eigenvalue weighted by molar-refractivity contribution is 6.12. The Kier molecular flexibility index (Phi) is 5.20. The van der Waals surface area contributed by atoms with Crippen LogP contribution in [0, 0.1) is 6.92 Å². The van der Waals surface area contributed by atoms with Crippen LogP contribution >= 0.6 is 0 Å². The molecule has 2 N–H and O–H groups in total. The zero-order valence-electron chi connectivity index (χ0n) is 16.0. The lowest BCUT2D eigenvalue weighted by Crippen LogP contribution is -2.54. The highest BCUT2D eigenvalue weighted by Gasteiger charge is 2.36. The number of hydrogen-bond acceptors (Lipinski definition) is 3. The monoisotopic (exact) mass is 383 g/mol. The second kappa shape index (κ2) is 8.10. The Morgan fingerprint density at radius 1 is 0.897 bits per heavy atom. The van der Waals surface area contributed by atoms with Gasteiger partial charge in [0.05, 0.1) is 0 Å². The second-order valence-corrected chi connectivity index (χ2v) is 7.01. The van der Waals surface area contributed by atoms with Crippen molar-refractivity contribution in [2.45, 2.75) is 19.0 Å². The summed E-state index contributed by atoms with van der Waals surface area (Å²) in [6.07, 6.45) is 0. The van der Waals surface area contributed by atoms with E-state index in [2.05, 4.69) is 10.6 Å². The van der Waals surface area contributed by atoms with Crippen molar-refractivity contribution >= 4 is 17.6 Å². The fraction of sp³-hybridized carbons (Fsp3) is 0.125. The SMILES string of the molecule is Cc1ccc([C@@H]2N=C(c3ccccc3)NC(=O)[C@H]2NC(=O)c2ccccc2)cc1. The van der Waals surface area contributed by atoms with Crippen LogP contribution in [-0.2, 0) is 4.79 Å². The number of nitrogens with one attached hydrogen (secondary N) is 2. The van der Waals surface area contributed by atoms with Crippen molar-refractivity contribution in [2.24, 2.45) is 4.99 Å². The quantitative estimate of drug-likeness (QED) is 0.725. The maximum absolute atomic E-state index is 13.0. The molecule has 0 saturated carbocycles. The van der Waals surface area contributed by atoms with Gasteiger partial charge >= 0.3 is 0 Å². The molecule has 2 amide bonds. The third-order valence-corrected chi connectivity index (χ3v) is 4.90. The number of amides is 2. The molecule has 2 atom stereocenters. The van der Waals surface area contributed by atoms with Crippen LogP contribution < -0.4 is 10.6 Å². The van der Waals surface area contributed by atoms with Gasteiger partial charge in [-0.05, 0) is 24.6 Å². The summed E-state index contributed by atoms with van der Waals surface area (Å²) in [5, 5.41) is 5.71. The van der Waals surface area contributed by atoms with Crippen molar-refractivity contribution in [1.82, 2.24) is 10.6 Å². The summed E-state index contributed by atoms with van der Waals surface area (Å²) in [7, 11) is 0. The van der Waals surface area contributed by atoms with Gasteiger partial charge in [0.15, 0.2) is 0 Å². The summed E-state index contributed by atoms with van der Waals surface area (Å²) < 4.78 is 0. The molecule has 0 unspecified atom stereocenters. The van der Waals surface area contributed by atoms with Gasteiger partial charge in [-0.3, -0.25) is 14.6 Å². The molecule has 0 radical (unpaired) electrons. The Morgan fingerprint density at radius 2 is 1.52 bits per heavy atom. The Labute approximate surface area is 169 Å². The number of amidine groups is 1. The Morgan fingerprint density at radius 3 is 2.17 bits per heavy atom. The predicted octanol–water partition coefficient (Wildman–Crippen LogP) is 3.41. The molecule has 144 valence electrons. The van der Waals surface area contributed by atoms with E-state index in [-0.39, 0.29) is 11.8 Å². The van der Waals surface area contributed by atoms with E-state index in [4.69, 9.17) is 4.99 Å². The summed E-state index contributed by atoms with van der Waals surface area (Å²) in [5.41, 5.74) is 3.31. The fourth-order valence-electron chi connectivity index (χ4n) is 3.32. The van der Waals surface area contributed by atoms with Gasteiger partial charge in [-0.2, -0.15) is 0 Å². The normalized spacial score (nSPS) is 18.5. The molecule has 1 aliphatic heterocycles. The Balaban J connectivity index is 1.71. The number of aryl methyl sites for hydroxylation is 1. The van der Waals surface area contributed by atoms with Gasteiger partial charge in [-0.25, -0.2) is 0 Å². The number of benzene rings is 3. The average molecular weight is 383 g/mol. The van der Waals surface area contributed by atoms with Crippen molar-refractivity contribution in [3.05, 3.63) is 107 Å². The smallest absolute Gasteiger partial charge is 0.252 e. The van der Waals surface area contributed by atoms with Crippen LogP contribution in [0.15, 0.2) is 89.9 Å². The molecular formula is C24H21N3O2. The van der Waals surface area contributed by atoms with Gasteiger partial charge in [0, 0.05) is 11.1 Å². The Hall–Kier alpha value is -3.73. The van der Waals surface area contributed by atoms with Crippen LogP contribution in [0.25, 0.3) is 0 Å². The molecule has 5 heteroatoms. The maximum atomic E-state index is 13.0. The lowest BCUT2D eigenvalue weighted by molar-refractivity contribution is -0.122. The summed E-state index contributed by atoms with van der Waals surface area (Å²) in [6.45, 7) is 2.00. The third-order valence-electron chi connectivity index (χ3n) is 4.90. The summed E-state index contributed by atoms with van der Waals surface area (Å²) in [4.78, 5) is 30.5. The molecule has 5 nitrogen and oxygen atoms in total. The molecule has 29 heavy (non-hydrogen) atoms. The molecule has 1 heterocycles. The Bertz CT molecular complexity index is 1040. The molecule has 0 spiro atoms. The van der Waals surface area contributed by atoms with E-state index in [9.17, 15) is 9.59 Å². The summed E-state index contributed by atoms with van der Waals surface area (Å²) in [6, 6.07) is 24.9. The molecular weight excluding hydrogens is 362 g/mol. The van der Waals surface area contributed by atoms with Gasteiger partial charge in [0.1, 0.15) is 17.9 Å². The highest BCUT2D eigenvalue weighted by atomic mass is 16.2. The van der Waals surface area contributed by atoms with E-state index >= 15 is 0 Å². The molecule has 0 fully saturated rings. The van der Waals surface area contributed by atoms with Gasteiger partial charge in [0.2, 0.25) is 0 Å². The van der Waals surface area contributed by atoms with Crippen molar-refractivity contribution < 1.29 is 9.59 Å². The average Bonchev–Trinajstić information content (AvgIpc) is 2.77. The number of hydrogen-bond donors (Lipinski definition) is 2. The van der Waals surface area contributed by atoms with E-state index in [1.807, 2.05) is 67.6 Å². The molecule has 0 aromatic heterocycles. The zero-order valence-corrected chi connectivity index (χ0v) is 16.0. The lowest BCUT2D eigenvalue weighted by Gasteiger charge is -2.30. The van der Waals surface area contributed by atoms with E-state index in [0.29, 0.717) is 11.4 Å². The minimum Gasteiger partial charge on any atom is -0.338 e. The van der Waals surface area contributed by atoms with Crippen LogP contribution in [0.5, 0.6) is 0 Å². The fourth-order valence-corrected chi connectivity index (χ4v) is 3.32. The zero-order chi connectivity index (χ0) is 20.2. The van der Waals surface area contributed by atoms with Gasteiger partial charge in [0.25, 0.3) is 11.8 Å². The van der Waals surface area contributed by atoms with Crippen LogP contribution in [0.1, 0.15) is 33.1 Å². The third kappa shape index (κ3) is 4.09. The number of nitrogens with zero attached hydrogens (tertiary/aromatic N) is 1. The molecule has 0 aliphatic carbocycles. The molecule has 3 aromatic rings. The first-order chi connectivity index (χ1) is 14.1. The van der Waals surface area contributed by atoms with Crippen LogP contribution in [0.4, 0.5) is 0 Å². The van der Waals surface area contributed by atoms with Crippen LogP contribution in [0.3, 0.4) is 0 Å². The first-order valence-corrected chi connectivity index (χ1v) is 9.48. The van der Waals surface area contributed by atoms with Crippen LogP contribution in [-0.4, -0.2) is 23.7 Å². The first kappa shape index (κ1) is 18.6. The van der Waals surface area contributed by atoms with Gasteiger partial charge in [-0.15, -0.1) is 0 Å². The van der Waals surface area contributed by atoms with Crippen LogP contribution in [0.2, 0.25) is 0 Å². The van der Waals surface area contributed by atoms with E-state index in [1.54, 1.807) is 24.3 Å². The highest BCUT2D eigenvalue weighted by Crippen LogP contribution is 2.26. The van der Waals surface area contributed by atoms with Gasteiger partial charge in [-0.1, -0.05) is 78.4 Å². The van der Waals surface area contributed by atoms with E-state index in [1.165, 1.54) is 0 Å². The number of aliphatic imine (C=N–C) groups is 1. The number of carbonyl (C=O) groups excluding carboxylic acids is 2. The summed E-state index contributed by atoms with van der Waals surface area (Å²) in [5.74, 6) is -0.0821. The largest absolute Gasteiger partial charge is 0.338 e. The standard InChI is InChI=1S/C24H21N3O2/c1-16-12-14-17(15-13-16)20-21(26-23(28)19-10-6-3-7-11-19)24(29)27-22(25-20)18-8-4-2-5-9-18/h2-15,20-21H,1H3,(H,26,28)(H,25,27,29)/t20-,21-/m0/s1. The maximum Gasteiger partial charge on any atom is 0.252 e. The van der Waals surface area contributed by atoms with Crippen molar-refractivity contribution in [1.29, 1.82) is 0 Å². The summed E-state index contributed by atoms with van der Waals surface area (Å²) >= 11 is 0. The van der Waals surface area contributed by atoms with Gasteiger partial charge < -0.3 is 10.6 Å². The molecule has 3 aromatic carbocycles. The number of carbonyl (C=O) groups is 2. The lowest BCUT2D eigenvalue weighted by atomic mass is 9.95. The minimum atomic E-state index is -0.808. The molecule has 0 saturated heterocycles. The molecule has 1 aliphatic rings. The van der Waals surface area contributed by atoms with E-state index < -0.39 is 12.1 Å². The van der Waals surface area contributed by atoms with Crippen molar-refractivity contribution in [3.8, 4) is 0 Å².